The molecule has 3 aromatic heterocycles. The number of hydrogen-bond donors (Lipinski definition) is 2. The first-order valence-corrected chi connectivity index (χ1v) is 7.85. The number of nitrogens with one attached hydrogen (secondary N) is 2. The summed E-state index contributed by atoms with van der Waals surface area (Å²) in [6.07, 6.45) is 3.59. The van der Waals surface area contributed by atoms with Crippen LogP contribution in [0.3, 0.4) is 0 Å². The highest BCUT2D eigenvalue weighted by Gasteiger charge is 2.13. The Bertz CT molecular complexity index is 1020. The van der Waals surface area contributed by atoms with Crippen LogP contribution < -0.4 is 5.32 Å². The SMILES string of the molecule is O=C(NCc1nnc2ccccn12)c1c[nH]c2ccc(Br)cc12. The third kappa shape index (κ3) is 2.49. The number of H-pyrrole nitrogens is 1. The second-order valence-electron chi connectivity index (χ2n) is 5.12. The van der Waals surface area contributed by atoms with Crippen LogP contribution in [-0.2, 0) is 6.54 Å². The van der Waals surface area contributed by atoms with Crippen LogP contribution >= 0.6 is 15.9 Å². The first kappa shape index (κ1) is 14.0. The molecule has 0 spiro atoms. The summed E-state index contributed by atoms with van der Waals surface area (Å²) in [4.78, 5) is 15.6. The van der Waals surface area contributed by atoms with Crippen molar-refractivity contribution >= 4 is 38.4 Å². The van der Waals surface area contributed by atoms with E-state index < -0.39 is 0 Å². The number of carbonyl (C=O) groups excluding carboxylic acids is 1. The van der Waals surface area contributed by atoms with Gasteiger partial charge in [0.2, 0.25) is 0 Å². The van der Waals surface area contributed by atoms with Crippen molar-refractivity contribution in [3.8, 4) is 0 Å². The lowest BCUT2D eigenvalue weighted by Gasteiger charge is -2.03. The highest BCUT2D eigenvalue weighted by molar-refractivity contribution is 9.10. The Morgan fingerprint density at radius 1 is 1.26 bits per heavy atom. The molecule has 1 aromatic carbocycles. The molecule has 0 fully saturated rings. The number of fused-ring (bicyclic) bond motifs is 2. The maximum Gasteiger partial charge on any atom is 0.253 e. The normalized spacial score (nSPS) is 11.2. The fourth-order valence-electron chi connectivity index (χ4n) is 2.55. The zero-order valence-corrected chi connectivity index (χ0v) is 13.5. The number of nitrogens with zero attached hydrogens (tertiary/aromatic N) is 3. The lowest BCUT2D eigenvalue weighted by molar-refractivity contribution is 0.0951. The molecule has 1 amide bonds. The molecule has 2 N–H and O–H groups in total. The van der Waals surface area contributed by atoms with Gasteiger partial charge in [-0.05, 0) is 30.3 Å². The van der Waals surface area contributed by atoms with E-state index in [4.69, 9.17) is 0 Å². The highest BCUT2D eigenvalue weighted by Crippen LogP contribution is 2.22. The number of hydrogen-bond acceptors (Lipinski definition) is 3. The van der Waals surface area contributed by atoms with Crippen LogP contribution in [0.4, 0.5) is 0 Å². The van der Waals surface area contributed by atoms with Crippen LogP contribution in [0.15, 0.2) is 53.3 Å². The standard InChI is InChI=1S/C16H12BrN5O/c17-10-4-5-13-11(7-10)12(8-18-13)16(23)19-9-15-21-20-14-3-1-2-6-22(14)15/h1-8,18H,9H2,(H,19,23). The van der Waals surface area contributed by atoms with E-state index in [9.17, 15) is 4.79 Å². The second kappa shape index (κ2) is 5.51. The van der Waals surface area contributed by atoms with E-state index in [1.165, 1.54) is 0 Å². The number of pyridine rings is 1. The van der Waals surface area contributed by atoms with Gasteiger partial charge in [-0.1, -0.05) is 22.0 Å². The summed E-state index contributed by atoms with van der Waals surface area (Å²) in [5, 5.41) is 11.9. The molecule has 0 unspecified atom stereocenters. The summed E-state index contributed by atoms with van der Waals surface area (Å²) in [7, 11) is 0. The number of halogens is 1. The van der Waals surface area contributed by atoms with Gasteiger partial charge < -0.3 is 10.3 Å². The predicted molar refractivity (Wildman–Crippen MR) is 90.2 cm³/mol. The molecule has 0 bridgehead atoms. The van der Waals surface area contributed by atoms with E-state index in [2.05, 4.69) is 36.4 Å². The molecule has 7 heteroatoms. The molecular weight excluding hydrogens is 358 g/mol. The van der Waals surface area contributed by atoms with Crippen LogP contribution in [0.25, 0.3) is 16.6 Å². The Balaban J connectivity index is 1.59. The molecule has 0 aliphatic carbocycles. The topological polar surface area (TPSA) is 75.1 Å². The number of aromatic nitrogens is 4. The summed E-state index contributed by atoms with van der Waals surface area (Å²) in [5.41, 5.74) is 2.29. The quantitative estimate of drug-likeness (QED) is 0.582. The molecule has 4 rings (SSSR count). The highest BCUT2D eigenvalue weighted by atomic mass is 79.9. The molecule has 0 aliphatic rings. The van der Waals surface area contributed by atoms with Gasteiger partial charge >= 0.3 is 0 Å². The van der Waals surface area contributed by atoms with Gasteiger partial charge in [-0.2, -0.15) is 0 Å². The molecule has 0 aliphatic heterocycles. The van der Waals surface area contributed by atoms with Gasteiger partial charge in [0, 0.05) is 27.8 Å². The third-order valence-corrected chi connectivity index (χ3v) is 4.17. The number of rotatable bonds is 3. The van der Waals surface area contributed by atoms with Gasteiger partial charge in [-0.3, -0.25) is 9.20 Å². The Morgan fingerprint density at radius 2 is 2.17 bits per heavy atom. The molecule has 114 valence electrons. The molecule has 0 saturated carbocycles. The molecule has 0 saturated heterocycles. The summed E-state index contributed by atoms with van der Waals surface area (Å²) >= 11 is 3.43. The second-order valence-corrected chi connectivity index (χ2v) is 6.04. The average molecular weight is 370 g/mol. The van der Waals surface area contributed by atoms with Crippen molar-refractivity contribution in [1.82, 2.24) is 24.9 Å². The van der Waals surface area contributed by atoms with Crippen molar-refractivity contribution in [1.29, 1.82) is 0 Å². The van der Waals surface area contributed by atoms with Crippen LogP contribution in [-0.4, -0.2) is 25.5 Å². The summed E-state index contributed by atoms with van der Waals surface area (Å²) in [6, 6.07) is 11.5. The van der Waals surface area contributed by atoms with Gasteiger partial charge in [-0.25, -0.2) is 0 Å². The Labute approximate surface area is 139 Å². The van der Waals surface area contributed by atoms with E-state index >= 15 is 0 Å². The molecule has 0 radical (unpaired) electrons. The maximum atomic E-state index is 12.5. The smallest absolute Gasteiger partial charge is 0.253 e. The van der Waals surface area contributed by atoms with Gasteiger partial charge in [0.15, 0.2) is 11.5 Å². The largest absolute Gasteiger partial charge is 0.360 e. The van der Waals surface area contributed by atoms with Gasteiger partial charge in [0.25, 0.3) is 5.91 Å². The number of benzene rings is 1. The Kier molecular flexibility index (Phi) is 3.34. The van der Waals surface area contributed by atoms with Crippen molar-refractivity contribution in [3.63, 3.8) is 0 Å². The molecule has 0 atom stereocenters. The van der Waals surface area contributed by atoms with Crippen molar-refractivity contribution in [2.45, 2.75) is 6.54 Å². The van der Waals surface area contributed by atoms with Crippen molar-refractivity contribution in [3.05, 3.63) is 64.7 Å². The number of carbonyl (C=O) groups is 1. The first-order chi connectivity index (χ1) is 11.2. The van der Waals surface area contributed by atoms with E-state index in [1.54, 1.807) is 6.20 Å². The van der Waals surface area contributed by atoms with Crippen molar-refractivity contribution < 1.29 is 4.79 Å². The fourth-order valence-corrected chi connectivity index (χ4v) is 2.91. The van der Waals surface area contributed by atoms with E-state index in [-0.39, 0.29) is 5.91 Å². The van der Waals surface area contributed by atoms with Crippen molar-refractivity contribution in [2.24, 2.45) is 0 Å². The molecular formula is C16H12BrN5O. The number of aromatic amines is 1. The predicted octanol–water partition coefficient (Wildman–Crippen LogP) is 2.90. The van der Waals surface area contributed by atoms with Gasteiger partial charge in [0.05, 0.1) is 12.1 Å². The summed E-state index contributed by atoms with van der Waals surface area (Å²) in [5.74, 6) is 0.539. The minimum atomic E-state index is -0.151. The third-order valence-electron chi connectivity index (χ3n) is 3.68. The van der Waals surface area contributed by atoms with Crippen LogP contribution in [0.5, 0.6) is 0 Å². The lowest BCUT2D eigenvalue weighted by atomic mass is 10.1. The van der Waals surface area contributed by atoms with E-state index in [0.29, 0.717) is 17.9 Å². The minimum absolute atomic E-state index is 0.151. The summed E-state index contributed by atoms with van der Waals surface area (Å²) in [6.45, 7) is 0.310. The molecule has 3 heterocycles. The van der Waals surface area contributed by atoms with Crippen LogP contribution in [0.1, 0.15) is 16.2 Å². The van der Waals surface area contributed by atoms with E-state index in [1.807, 2.05) is 47.0 Å². The van der Waals surface area contributed by atoms with Gasteiger partial charge in [0.1, 0.15) is 0 Å². The Morgan fingerprint density at radius 3 is 3.09 bits per heavy atom. The van der Waals surface area contributed by atoms with Crippen LogP contribution in [0.2, 0.25) is 0 Å². The summed E-state index contributed by atoms with van der Waals surface area (Å²) < 4.78 is 2.79. The fraction of sp³-hybridized carbons (Fsp3) is 0.0625. The van der Waals surface area contributed by atoms with E-state index in [0.717, 1.165) is 21.0 Å². The van der Waals surface area contributed by atoms with Crippen LogP contribution in [0, 0.1) is 0 Å². The average Bonchev–Trinajstić information content (AvgIpc) is 3.16. The Hall–Kier alpha value is -2.67. The van der Waals surface area contributed by atoms with Gasteiger partial charge in [-0.15, -0.1) is 10.2 Å². The zero-order valence-electron chi connectivity index (χ0n) is 12.0. The first-order valence-electron chi connectivity index (χ1n) is 7.06. The molecule has 4 aromatic rings. The zero-order chi connectivity index (χ0) is 15.8. The monoisotopic (exact) mass is 369 g/mol. The number of amides is 1. The molecule has 6 nitrogen and oxygen atoms in total. The molecule has 23 heavy (non-hydrogen) atoms. The minimum Gasteiger partial charge on any atom is -0.360 e. The lowest BCUT2D eigenvalue weighted by Crippen LogP contribution is -2.23. The maximum absolute atomic E-state index is 12.5. The van der Waals surface area contributed by atoms with Crippen molar-refractivity contribution in [2.75, 3.05) is 0 Å².